The highest BCUT2D eigenvalue weighted by Crippen LogP contribution is 2.34. The highest BCUT2D eigenvalue weighted by atomic mass is 32.2. The van der Waals surface area contributed by atoms with E-state index >= 15 is 0 Å². The number of terminal acetylenes is 1. The van der Waals surface area contributed by atoms with Crippen LogP contribution in [-0.2, 0) is 26.8 Å². The summed E-state index contributed by atoms with van der Waals surface area (Å²) < 4.78 is 12.8. The summed E-state index contributed by atoms with van der Waals surface area (Å²) in [5.41, 5.74) is 0.973. The van der Waals surface area contributed by atoms with Gasteiger partial charge in [0.2, 0.25) is 11.8 Å². The van der Waals surface area contributed by atoms with E-state index in [0.717, 1.165) is 54.9 Å². The Balaban J connectivity index is 1.53. The van der Waals surface area contributed by atoms with Gasteiger partial charge in [-0.3, -0.25) is 13.8 Å². The third kappa shape index (κ3) is 10.7. The topological polar surface area (TPSA) is 116 Å². The molecule has 6 atom stereocenters. The standard InChI is InChI=1S/C37H52N2O5S/c1-5-11-33(40)34(41)31(22-25-12-7-6-8-13-25)38-36(43)32(23-26-16-17-26)39-35(42)30(24-45(44)37(2,3)4)21-27-18-19-28-14-9-10-15-29(28)20-27/h1,9-10,14-15,18-20,25-26,30-34,40-41H,6-8,11-13,16-17,21-24H2,2-4H3,(H,38,43)(H,39,42)/t30-,31+,32+,33+,34-,45?/m1/s1. The zero-order valence-corrected chi connectivity index (χ0v) is 28.0. The van der Waals surface area contributed by atoms with Crippen LogP contribution in [0.25, 0.3) is 10.8 Å². The Bertz CT molecular complexity index is 1350. The van der Waals surface area contributed by atoms with Gasteiger partial charge in [0.05, 0.1) is 18.1 Å². The van der Waals surface area contributed by atoms with Crippen molar-refractivity contribution >= 4 is 33.4 Å². The Labute approximate surface area is 271 Å². The lowest BCUT2D eigenvalue weighted by molar-refractivity contribution is -0.132. The zero-order chi connectivity index (χ0) is 32.6. The molecule has 0 spiro atoms. The van der Waals surface area contributed by atoms with Crippen LogP contribution in [0.3, 0.4) is 0 Å². The van der Waals surface area contributed by atoms with Crippen molar-refractivity contribution in [2.45, 2.75) is 120 Å². The van der Waals surface area contributed by atoms with E-state index in [9.17, 15) is 24.0 Å². The van der Waals surface area contributed by atoms with Gasteiger partial charge in [0.25, 0.3) is 0 Å². The summed E-state index contributed by atoms with van der Waals surface area (Å²) in [6, 6.07) is 12.7. The second kappa shape index (κ2) is 16.2. The van der Waals surface area contributed by atoms with Gasteiger partial charge in [-0.1, -0.05) is 87.4 Å². The van der Waals surface area contributed by atoms with Crippen LogP contribution in [0.4, 0.5) is 0 Å². The van der Waals surface area contributed by atoms with Gasteiger partial charge in [-0.25, -0.2) is 0 Å². The number of nitrogens with one attached hydrogen (secondary N) is 2. The van der Waals surface area contributed by atoms with Crippen LogP contribution >= 0.6 is 0 Å². The fourth-order valence-corrected chi connectivity index (χ4v) is 7.51. The Morgan fingerprint density at radius 1 is 0.933 bits per heavy atom. The quantitative estimate of drug-likeness (QED) is 0.205. The van der Waals surface area contributed by atoms with Crippen LogP contribution < -0.4 is 10.6 Å². The summed E-state index contributed by atoms with van der Waals surface area (Å²) >= 11 is 0. The van der Waals surface area contributed by atoms with Crippen molar-refractivity contribution in [1.29, 1.82) is 0 Å². The Hall–Kier alpha value is -2.73. The summed E-state index contributed by atoms with van der Waals surface area (Å²) in [4.78, 5) is 27.9. The van der Waals surface area contributed by atoms with E-state index in [1.54, 1.807) is 0 Å². The first kappa shape index (κ1) is 35.1. The van der Waals surface area contributed by atoms with E-state index in [1.165, 1.54) is 6.42 Å². The van der Waals surface area contributed by atoms with Crippen molar-refractivity contribution in [3.63, 3.8) is 0 Å². The lowest BCUT2D eigenvalue weighted by atomic mass is 9.82. The van der Waals surface area contributed by atoms with E-state index in [1.807, 2.05) is 57.2 Å². The minimum Gasteiger partial charge on any atom is -0.389 e. The molecule has 0 saturated heterocycles. The third-order valence-electron chi connectivity index (χ3n) is 9.37. The molecule has 7 nitrogen and oxygen atoms in total. The largest absolute Gasteiger partial charge is 0.389 e. The predicted octanol–water partition coefficient (Wildman–Crippen LogP) is 5.03. The molecule has 2 aliphatic carbocycles. The first-order valence-corrected chi connectivity index (χ1v) is 18.0. The third-order valence-corrected chi connectivity index (χ3v) is 11.4. The highest BCUT2D eigenvalue weighted by molar-refractivity contribution is 7.86. The molecule has 0 heterocycles. The molecule has 2 fully saturated rings. The molecule has 0 radical (unpaired) electrons. The molecule has 8 heteroatoms. The Morgan fingerprint density at radius 3 is 2.24 bits per heavy atom. The molecule has 4 rings (SSSR count). The normalized spacial score (nSPS) is 19.9. The second-order valence-corrected chi connectivity index (χ2v) is 16.5. The Kier molecular flexibility index (Phi) is 12.6. The average Bonchev–Trinajstić information content (AvgIpc) is 3.84. The van der Waals surface area contributed by atoms with Gasteiger partial charge in [-0.05, 0) is 68.2 Å². The molecule has 2 aromatic carbocycles. The average molecular weight is 637 g/mol. The van der Waals surface area contributed by atoms with Crippen molar-refractivity contribution in [2.24, 2.45) is 17.8 Å². The summed E-state index contributed by atoms with van der Waals surface area (Å²) in [5, 5.41) is 29.9. The summed E-state index contributed by atoms with van der Waals surface area (Å²) in [7, 11) is -1.28. The van der Waals surface area contributed by atoms with E-state index < -0.39 is 45.8 Å². The second-order valence-electron chi connectivity index (χ2n) is 14.3. The molecule has 2 saturated carbocycles. The number of hydrogen-bond donors (Lipinski definition) is 4. The SMILES string of the molecule is C#CC[C@H](O)[C@H](O)[C@H](CC1CCCCC1)NC(=O)[C@H](CC1CC1)NC(=O)[C@H](Cc1ccc2ccccc2c1)CS(=O)C(C)(C)C. The van der Waals surface area contributed by atoms with Gasteiger partial charge in [-0.15, -0.1) is 12.3 Å². The van der Waals surface area contributed by atoms with Crippen molar-refractivity contribution < 1.29 is 24.0 Å². The number of rotatable bonds is 15. The summed E-state index contributed by atoms with van der Waals surface area (Å²) in [6.07, 6.45) is 12.0. The van der Waals surface area contributed by atoms with Crippen molar-refractivity contribution in [3.05, 3.63) is 48.0 Å². The molecule has 0 bridgehead atoms. The number of fused-ring (bicyclic) bond motifs is 1. The van der Waals surface area contributed by atoms with Gasteiger partial charge in [-0.2, -0.15) is 0 Å². The van der Waals surface area contributed by atoms with Crippen LogP contribution in [0.2, 0.25) is 0 Å². The van der Waals surface area contributed by atoms with E-state index in [-0.39, 0.29) is 24.0 Å². The molecule has 45 heavy (non-hydrogen) atoms. The highest BCUT2D eigenvalue weighted by Gasteiger charge is 2.37. The summed E-state index contributed by atoms with van der Waals surface area (Å²) in [5.74, 6) is 2.03. The number of carbonyl (C=O) groups is 2. The number of hydrogen-bond acceptors (Lipinski definition) is 5. The maximum Gasteiger partial charge on any atom is 0.242 e. The molecule has 2 aliphatic rings. The number of aliphatic hydroxyl groups is 2. The van der Waals surface area contributed by atoms with E-state index in [0.29, 0.717) is 31.1 Å². The van der Waals surface area contributed by atoms with Gasteiger partial charge in [0, 0.05) is 27.7 Å². The lowest BCUT2D eigenvalue weighted by Crippen LogP contribution is -2.56. The lowest BCUT2D eigenvalue weighted by Gasteiger charge is -2.33. The molecule has 0 aromatic heterocycles. The molecular formula is C37H52N2O5S. The van der Waals surface area contributed by atoms with Gasteiger partial charge in [0.1, 0.15) is 12.1 Å². The minimum absolute atomic E-state index is 0.0121. The van der Waals surface area contributed by atoms with Crippen molar-refractivity contribution in [3.8, 4) is 12.3 Å². The minimum atomic E-state index is -1.28. The van der Waals surface area contributed by atoms with Gasteiger partial charge < -0.3 is 20.8 Å². The van der Waals surface area contributed by atoms with Crippen LogP contribution in [0.15, 0.2) is 42.5 Å². The van der Waals surface area contributed by atoms with Crippen LogP contribution in [-0.4, -0.2) is 61.0 Å². The molecule has 2 amide bonds. The molecule has 2 aromatic rings. The first-order chi connectivity index (χ1) is 21.4. The molecule has 1 unspecified atom stereocenters. The van der Waals surface area contributed by atoms with Crippen LogP contribution in [0.1, 0.15) is 90.5 Å². The number of aliphatic hydroxyl groups excluding tert-OH is 2. The van der Waals surface area contributed by atoms with Crippen molar-refractivity contribution in [1.82, 2.24) is 10.6 Å². The van der Waals surface area contributed by atoms with E-state index in [2.05, 4.69) is 22.6 Å². The van der Waals surface area contributed by atoms with Gasteiger partial charge in [0.15, 0.2) is 0 Å². The Morgan fingerprint density at radius 2 is 1.60 bits per heavy atom. The molecule has 246 valence electrons. The van der Waals surface area contributed by atoms with Crippen LogP contribution in [0, 0.1) is 30.1 Å². The van der Waals surface area contributed by atoms with Crippen molar-refractivity contribution in [2.75, 3.05) is 5.75 Å². The van der Waals surface area contributed by atoms with Crippen LogP contribution in [0.5, 0.6) is 0 Å². The maximum absolute atomic E-state index is 14.0. The molecular weight excluding hydrogens is 584 g/mol. The smallest absolute Gasteiger partial charge is 0.242 e. The predicted molar refractivity (Wildman–Crippen MR) is 182 cm³/mol. The first-order valence-electron chi connectivity index (χ1n) is 16.7. The number of carbonyl (C=O) groups excluding carboxylic acids is 2. The number of amides is 2. The monoisotopic (exact) mass is 636 g/mol. The number of benzene rings is 2. The fraction of sp³-hybridized carbons (Fsp3) is 0.622. The maximum atomic E-state index is 14.0. The van der Waals surface area contributed by atoms with E-state index in [4.69, 9.17) is 6.42 Å². The summed E-state index contributed by atoms with van der Waals surface area (Å²) in [6.45, 7) is 5.72. The zero-order valence-electron chi connectivity index (χ0n) is 27.2. The molecule has 4 N–H and O–H groups in total. The molecule has 0 aliphatic heterocycles. The fourth-order valence-electron chi connectivity index (χ4n) is 6.38. The van der Waals surface area contributed by atoms with Gasteiger partial charge >= 0.3 is 0 Å².